The molecule has 0 amide bonds. The third-order valence-corrected chi connectivity index (χ3v) is 8.00. The van der Waals surface area contributed by atoms with E-state index in [0.29, 0.717) is 5.92 Å². The molecule has 0 aromatic carbocycles. The molecule has 3 rings (SSSR count). The van der Waals surface area contributed by atoms with E-state index >= 15 is 0 Å². The van der Waals surface area contributed by atoms with Crippen LogP contribution in [0.1, 0.15) is 54.6 Å². The maximum Gasteiger partial charge on any atom is 0.349 e. The van der Waals surface area contributed by atoms with Crippen LogP contribution in [-0.2, 0) is 14.8 Å². The summed E-state index contributed by atoms with van der Waals surface area (Å²) >= 11 is 1.10. The Morgan fingerprint density at radius 3 is 2.69 bits per heavy atom. The quantitative estimate of drug-likeness (QED) is 0.743. The first-order chi connectivity index (χ1) is 12.5. The fourth-order valence-corrected chi connectivity index (χ4v) is 6.74. The van der Waals surface area contributed by atoms with Gasteiger partial charge in [0.05, 0.1) is 7.11 Å². The molecule has 6 nitrogen and oxygen atoms in total. The number of sulfonamides is 1. The Hall–Kier alpha value is -0.960. The standard InChI is InChI=1S/C18H28N2O4S2/c1-24-18(21)17-16(9-12-25-17)26(22,23)19-15-8-4-3-7-14(15)13-20-10-5-2-6-11-20/h9,12,14-15,19H,2-8,10-11,13H2,1H3/t14-,15+/m0/s1. The number of nitrogens with zero attached hydrogens (tertiary/aromatic N) is 1. The maximum absolute atomic E-state index is 12.9. The van der Waals surface area contributed by atoms with Crippen LogP contribution in [0, 0.1) is 5.92 Å². The molecule has 1 aliphatic carbocycles. The number of methoxy groups -OCH3 is 1. The van der Waals surface area contributed by atoms with Gasteiger partial charge in [0.15, 0.2) is 0 Å². The van der Waals surface area contributed by atoms with Crippen LogP contribution in [0.15, 0.2) is 16.3 Å². The number of thiophene rings is 1. The summed E-state index contributed by atoms with van der Waals surface area (Å²) in [6.45, 7) is 3.20. The van der Waals surface area contributed by atoms with E-state index in [1.54, 1.807) is 5.38 Å². The Morgan fingerprint density at radius 2 is 1.96 bits per heavy atom. The second-order valence-corrected chi connectivity index (χ2v) is 9.84. The summed E-state index contributed by atoms with van der Waals surface area (Å²) in [6, 6.07) is 1.42. The van der Waals surface area contributed by atoms with Crippen molar-refractivity contribution in [1.29, 1.82) is 0 Å². The summed E-state index contributed by atoms with van der Waals surface area (Å²) in [6.07, 6.45) is 7.87. The second-order valence-electron chi connectivity index (χ2n) is 7.24. The number of hydrogen-bond acceptors (Lipinski definition) is 6. The van der Waals surface area contributed by atoms with Gasteiger partial charge in [0, 0.05) is 12.6 Å². The van der Waals surface area contributed by atoms with Crippen molar-refractivity contribution >= 4 is 27.3 Å². The Bertz CT molecular complexity index is 711. The average molecular weight is 401 g/mol. The predicted molar refractivity (Wildman–Crippen MR) is 102 cm³/mol. The van der Waals surface area contributed by atoms with Gasteiger partial charge in [-0.1, -0.05) is 19.3 Å². The molecule has 1 aromatic heterocycles. The van der Waals surface area contributed by atoms with Gasteiger partial charge in [0.1, 0.15) is 9.77 Å². The molecule has 2 aliphatic rings. The second kappa shape index (κ2) is 8.82. The number of piperidine rings is 1. The largest absolute Gasteiger partial charge is 0.465 e. The third kappa shape index (κ3) is 4.65. The smallest absolute Gasteiger partial charge is 0.349 e. The molecule has 1 saturated heterocycles. The first-order valence-corrected chi connectivity index (χ1v) is 11.8. The molecule has 2 atom stereocenters. The molecule has 0 bridgehead atoms. The van der Waals surface area contributed by atoms with Crippen molar-refractivity contribution in [3.05, 3.63) is 16.3 Å². The first kappa shape index (κ1) is 19.8. The lowest BCUT2D eigenvalue weighted by molar-refractivity contribution is 0.0602. The zero-order chi connectivity index (χ0) is 18.6. The number of carbonyl (C=O) groups is 1. The molecule has 26 heavy (non-hydrogen) atoms. The van der Waals surface area contributed by atoms with E-state index in [2.05, 4.69) is 9.62 Å². The SMILES string of the molecule is COC(=O)c1sccc1S(=O)(=O)N[C@@H]1CCCC[C@H]1CN1CCCCC1. The van der Waals surface area contributed by atoms with E-state index in [-0.39, 0.29) is 15.8 Å². The van der Waals surface area contributed by atoms with E-state index in [1.165, 1.54) is 32.4 Å². The summed E-state index contributed by atoms with van der Waals surface area (Å²) in [5, 5.41) is 1.62. The molecular weight excluding hydrogens is 372 g/mol. The molecule has 0 unspecified atom stereocenters. The Labute approximate surface area is 160 Å². The summed E-state index contributed by atoms with van der Waals surface area (Å²) in [4.78, 5) is 14.5. The predicted octanol–water partition coefficient (Wildman–Crippen LogP) is 2.86. The number of nitrogens with one attached hydrogen (secondary N) is 1. The zero-order valence-electron chi connectivity index (χ0n) is 15.3. The fourth-order valence-electron chi connectivity index (χ4n) is 4.07. The molecule has 1 aromatic rings. The van der Waals surface area contributed by atoms with Crippen LogP contribution in [0.3, 0.4) is 0 Å². The lowest BCUT2D eigenvalue weighted by Crippen LogP contribution is -2.47. The maximum atomic E-state index is 12.9. The molecule has 1 saturated carbocycles. The molecule has 2 heterocycles. The Kier molecular flexibility index (Phi) is 6.71. The van der Waals surface area contributed by atoms with Crippen LogP contribution >= 0.6 is 11.3 Å². The lowest BCUT2D eigenvalue weighted by Gasteiger charge is -2.37. The Morgan fingerprint density at radius 1 is 1.23 bits per heavy atom. The molecule has 146 valence electrons. The van der Waals surface area contributed by atoms with Gasteiger partial charge in [0.25, 0.3) is 0 Å². The molecule has 8 heteroatoms. The van der Waals surface area contributed by atoms with Crippen molar-refractivity contribution in [2.45, 2.75) is 55.9 Å². The van der Waals surface area contributed by atoms with Crippen molar-refractivity contribution in [3.63, 3.8) is 0 Å². The number of carbonyl (C=O) groups excluding carboxylic acids is 1. The van der Waals surface area contributed by atoms with Crippen molar-refractivity contribution < 1.29 is 17.9 Å². The van der Waals surface area contributed by atoms with Crippen LogP contribution in [0.2, 0.25) is 0 Å². The van der Waals surface area contributed by atoms with Gasteiger partial charge in [-0.15, -0.1) is 11.3 Å². The zero-order valence-corrected chi connectivity index (χ0v) is 16.9. The van der Waals surface area contributed by atoms with Crippen molar-refractivity contribution in [2.75, 3.05) is 26.7 Å². The number of rotatable bonds is 6. The highest BCUT2D eigenvalue weighted by Crippen LogP contribution is 2.29. The van der Waals surface area contributed by atoms with Gasteiger partial charge in [-0.2, -0.15) is 0 Å². The van der Waals surface area contributed by atoms with E-state index in [0.717, 1.165) is 56.7 Å². The molecule has 0 radical (unpaired) electrons. The molecular formula is C18H28N2O4S2. The minimum absolute atomic E-state index is 0.0386. The minimum atomic E-state index is -3.74. The molecule has 1 aliphatic heterocycles. The highest BCUT2D eigenvalue weighted by Gasteiger charge is 2.33. The number of esters is 1. The van der Waals surface area contributed by atoms with Crippen LogP contribution < -0.4 is 4.72 Å². The van der Waals surface area contributed by atoms with Crippen molar-refractivity contribution in [1.82, 2.24) is 9.62 Å². The van der Waals surface area contributed by atoms with E-state index in [4.69, 9.17) is 4.74 Å². The van der Waals surface area contributed by atoms with E-state index in [9.17, 15) is 13.2 Å². The van der Waals surface area contributed by atoms with Gasteiger partial charge < -0.3 is 9.64 Å². The van der Waals surface area contributed by atoms with Crippen molar-refractivity contribution in [3.8, 4) is 0 Å². The first-order valence-electron chi connectivity index (χ1n) is 9.42. The van der Waals surface area contributed by atoms with Crippen LogP contribution in [-0.4, -0.2) is 52.1 Å². The summed E-state index contributed by atoms with van der Waals surface area (Å²) in [5.74, 6) is -0.272. The Balaban J connectivity index is 1.72. The van der Waals surface area contributed by atoms with Gasteiger partial charge in [0.2, 0.25) is 10.0 Å². The van der Waals surface area contributed by atoms with E-state index in [1.807, 2.05) is 0 Å². The highest BCUT2D eigenvalue weighted by atomic mass is 32.2. The van der Waals surface area contributed by atoms with Crippen LogP contribution in [0.5, 0.6) is 0 Å². The topological polar surface area (TPSA) is 75.7 Å². The van der Waals surface area contributed by atoms with Gasteiger partial charge in [-0.05, 0) is 56.1 Å². The van der Waals surface area contributed by atoms with Crippen molar-refractivity contribution in [2.24, 2.45) is 5.92 Å². The molecule has 0 spiro atoms. The summed E-state index contributed by atoms with van der Waals surface area (Å²) in [5.41, 5.74) is 0. The minimum Gasteiger partial charge on any atom is -0.465 e. The highest BCUT2D eigenvalue weighted by molar-refractivity contribution is 7.89. The normalized spacial score (nSPS) is 25.1. The summed E-state index contributed by atoms with van der Waals surface area (Å²) < 4.78 is 33.4. The molecule has 1 N–H and O–H groups in total. The van der Waals surface area contributed by atoms with E-state index < -0.39 is 16.0 Å². The monoisotopic (exact) mass is 400 g/mol. The average Bonchev–Trinajstić information content (AvgIpc) is 3.14. The fraction of sp³-hybridized carbons (Fsp3) is 0.722. The number of ether oxygens (including phenoxy) is 1. The molecule has 2 fully saturated rings. The van der Waals surface area contributed by atoms with Crippen LogP contribution in [0.25, 0.3) is 0 Å². The van der Waals surface area contributed by atoms with Gasteiger partial charge in [-0.25, -0.2) is 17.9 Å². The summed E-state index contributed by atoms with van der Waals surface area (Å²) in [7, 11) is -2.47. The van der Waals surface area contributed by atoms with Crippen LogP contribution in [0.4, 0.5) is 0 Å². The lowest BCUT2D eigenvalue weighted by atomic mass is 9.84. The third-order valence-electron chi connectivity index (χ3n) is 5.45. The van der Waals surface area contributed by atoms with Gasteiger partial charge in [-0.3, -0.25) is 0 Å². The number of hydrogen-bond donors (Lipinski definition) is 1. The van der Waals surface area contributed by atoms with Gasteiger partial charge >= 0.3 is 5.97 Å². The number of likely N-dealkylation sites (tertiary alicyclic amines) is 1.